The highest BCUT2D eigenvalue weighted by Gasteiger charge is 2.97. The molecule has 8 aliphatic carbocycles. The number of epoxide rings is 1. The number of aliphatic hydroxyl groups excluding tert-OH is 3. The van der Waals surface area contributed by atoms with E-state index in [1.54, 1.807) is 6.26 Å². The summed E-state index contributed by atoms with van der Waals surface area (Å²) in [4.78, 5) is 49.3. The van der Waals surface area contributed by atoms with Crippen LogP contribution in [0.1, 0.15) is 147 Å². The highest BCUT2D eigenvalue weighted by Crippen LogP contribution is 2.89. The summed E-state index contributed by atoms with van der Waals surface area (Å²) >= 11 is 0. The molecule has 16 rings (SSSR count). The molecule has 1 aromatic rings. The molecule has 1 aromatic heterocycles. The Hall–Kier alpha value is -3.07. The van der Waals surface area contributed by atoms with Crippen molar-refractivity contribution < 1.29 is 53.1 Å². The van der Waals surface area contributed by atoms with E-state index < -0.39 is 80.7 Å². The van der Waals surface area contributed by atoms with Crippen molar-refractivity contribution in [3.8, 4) is 0 Å². The maximum atomic E-state index is 16.6. The monoisotopic (exact) mass is 1020 g/mol. The number of cyclic esters (lactones) is 2. The molecule has 8 saturated carbocycles. The number of fused-ring (bicyclic) bond motifs is 3. The molecule has 7 aliphatic heterocycles. The zero-order chi connectivity index (χ0) is 50.3. The lowest BCUT2D eigenvalue weighted by atomic mass is 9.32. The summed E-state index contributed by atoms with van der Waals surface area (Å²) in [5.41, 5.74) is -4.89. The third-order valence-corrected chi connectivity index (χ3v) is 26.5. The van der Waals surface area contributed by atoms with Crippen molar-refractivity contribution in [2.24, 2.45) is 98.6 Å². The van der Waals surface area contributed by atoms with E-state index in [2.05, 4.69) is 49.3 Å². The van der Waals surface area contributed by atoms with Gasteiger partial charge in [-0.05, 0) is 147 Å². The van der Waals surface area contributed by atoms with E-state index in [-0.39, 0.29) is 60.5 Å². The van der Waals surface area contributed by atoms with Crippen molar-refractivity contribution in [1.29, 1.82) is 0 Å². The SMILES string of the molecule is C[C@H](C1CCCCC1)[C@@H]1CCC[C@]23O[C@]45C(=C[C@@H]12)C[C@@H]1CCC[C@]12C[C@@H]1C[C@@]6(C)[C@H](c7ccoc7C[C@@H]([C@H]7CC[C@@H]8[C@H](C=CN9CNC[C@@H]89)C7)[C@H](O)CO)OC(=O)[C@H]7O[C@]76[C@]6(C)[C@H](O)C(=O)[C@H]3[C@@]4(COC(=O)[C@@H]25)[C@@H]16. The topological polar surface area (TPSA) is 181 Å². The molecule has 0 aromatic carbocycles. The highest BCUT2D eigenvalue weighted by molar-refractivity contribution is 5.94. The van der Waals surface area contributed by atoms with Crippen LogP contribution in [-0.2, 0) is 39.8 Å². The molecule has 24 atom stereocenters. The molecular formula is C61H80N2O11. The fourth-order valence-electron chi connectivity index (χ4n) is 24.2. The first-order chi connectivity index (χ1) is 35.7. The lowest BCUT2D eigenvalue weighted by Gasteiger charge is -2.70. The molecule has 0 unspecified atom stereocenters. The second-order valence-corrected chi connectivity index (χ2v) is 28.4. The Morgan fingerprint density at radius 2 is 1.77 bits per heavy atom. The number of nitrogens with zero attached hydrogens (tertiary/aromatic N) is 1. The van der Waals surface area contributed by atoms with Gasteiger partial charge in [0.05, 0.1) is 48.5 Å². The van der Waals surface area contributed by atoms with Gasteiger partial charge in [-0.25, -0.2) is 4.79 Å². The number of aliphatic hydroxyl groups is 3. The molecular weight excluding hydrogens is 937 g/mol. The fraction of sp³-hybridized carbons (Fsp3) is 0.820. The smallest absolute Gasteiger partial charge is 0.339 e. The Kier molecular flexibility index (Phi) is 9.77. The summed E-state index contributed by atoms with van der Waals surface area (Å²) in [5.74, 6) is 0.450. The number of hydrogen-bond acceptors (Lipinski definition) is 13. The maximum absolute atomic E-state index is 16.6. The van der Waals surface area contributed by atoms with Gasteiger partial charge in [-0.2, -0.15) is 0 Å². The quantitative estimate of drug-likeness (QED) is 0.115. The number of allylic oxidation sites excluding steroid dienone is 1. The predicted molar refractivity (Wildman–Crippen MR) is 267 cm³/mol. The third kappa shape index (κ3) is 5.22. The number of carbonyl (C=O) groups excluding carboxylic acids is 3. The molecule has 0 amide bonds. The van der Waals surface area contributed by atoms with Gasteiger partial charge in [-0.3, -0.25) is 14.9 Å². The Labute approximate surface area is 435 Å². The van der Waals surface area contributed by atoms with E-state index in [9.17, 15) is 20.1 Å². The minimum Gasteiger partial charge on any atom is -0.469 e. The van der Waals surface area contributed by atoms with E-state index in [4.69, 9.17) is 23.4 Å². The van der Waals surface area contributed by atoms with E-state index in [1.165, 1.54) is 37.7 Å². The number of hydrogen-bond donors (Lipinski definition) is 4. The van der Waals surface area contributed by atoms with Crippen molar-refractivity contribution >= 4 is 17.7 Å². The van der Waals surface area contributed by atoms with Gasteiger partial charge in [0.2, 0.25) is 0 Å². The second-order valence-electron chi connectivity index (χ2n) is 28.4. The first-order valence-electron chi connectivity index (χ1n) is 29.9. The minimum absolute atomic E-state index is 0.00730. The summed E-state index contributed by atoms with van der Waals surface area (Å²) in [6.07, 6.45) is 22.0. The molecule has 5 bridgehead atoms. The van der Waals surface area contributed by atoms with Crippen molar-refractivity contribution in [3.05, 3.63) is 47.6 Å². The normalized spacial score (nSPS) is 53.9. The van der Waals surface area contributed by atoms with E-state index in [1.807, 2.05) is 6.07 Å². The minimum atomic E-state index is -1.47. The van der Waals surface area contributed by atoms with Crippen molar-refractivity contribution in [2.45, 2.75) is 184 Å². The number of esters is 2. The van der Waals surface area contributed by atoms with Crippen LogP contribution in [0.3, 0.4) is 0 Å². The van der Waals surface area contributed by atoms with Crippen LogP contribution in [0.25, 0.3) is 0 Å². The van der Waals surface area contributed by atoms with Crippen LogP contribution in [0.5, 0.6) is 0 Å². The van der Waals surface area contributed by atoms with E-state index >= 15 is 9.59 Å². The largest absolute Gasteiger partial charge is 0.469 e. The second kappa shape index (κ2) is 15.4. The van der Waals surface area contributed by atoms with E-state index in [0.29, 0.717) is 60.7 Å². The average molecular weight is 1020 g/mol. The van der Waals surface area contributed by atoms with Gasteiger partial charge >= 0.3 is 11.9 Å². The van der Waals surface area contributed by atoms with Crippen LogP contribution in [0.4, 0.5) is 0 Å². The van der Waals surface area contributed by atoms with Gasteiger partial charge < -0.3 is 43.6 Å². The van der Waals surface area contributed by atoms with Gasteiger partial charge in [-0.1, -0.05) is 77.9 Å². The lowest BCUT2D eigenvalue weighted by Crippen LogP contribution is -2.80. The Balaban J connectivity index is 0.827. The zero-order valence-corrected chi connectivity index (χ0v) is 43.9. The highest BCUT2D eigenvalue weighted by atomic mass is 16.7. The number of ether oxygens (including phenoxy) is 4. The number of rotatable bonds is 8. The summed E-state index contributed by atoms with van der Waals surface area (Å²) in [6.45, 7) is 8.31. The number of furan rings is 1. The molecule has 400 valence electrons. The Morgan fingerprint density at radius 1 is 0.932 bits per heavy atom. The standard InChI is InChI=1S/C61H80N2O11/c1-31(32-9-5-4-6-10-32)38-12-8-18-59-42(38)23-37-22-36-11-7-17-57(36)26-35-25-55(2)51(40-16-20-70-45(40)24-41(44(65)28-64)33-13-14-39-34(21-33)15-19-63-30-62-27-43(39)63)72-54(69)52-61(55,73-52)56(3)47(35)58(48(59)46(66)50(56)67)29-71-53(68)49(57)60(37,58)74-59/h15-16,19-20,23,31-36,38-39,41-44,47-52,62,64-65,67H,4-14,17-18,21-22,24-30H2,1-3H3/t31-,33+,34-,35+,36+,38+,39-,41+,42+,43+,44-,47+,48+,49+,50-,51+,52-,55+,56+,57+,58-,59+,60+,61-/m1/s1. The summed E-state index contributed by atoms with van der Waals surface area (Å²) in [5, 5.41) is 39.7. The average Bonchev–Trinajstić information content (AvgIpc) is 2.74. The van der Waals surface area contributed by atoms with Crippen molar-refractivity contribution in [1.82, 2.24) is 10.2 Å². The van der Waals surface area contributed by atoms with Gasteiger partial charge in [0.1, 0.15) is 35.8 Å². The van der Waals surface area contributed by atoms with Gasteiger partial charge in [0.25, 0.3) is 0 Å². The molecule has 13 heteroatoms. The number of carbonyl (C=O) groups is 3. The fourth-order valence-corrected chi connectivity index (χ4v) is 24.2. The van der Waals surface area contributed by atoms with Gasteiger partial charge in [0, 0.05) is 41.3 Å². The molecule has 13 fully saturated rings. The number of ketones is 1. The summed E-state index contributed by atoms with van der Waals surface area (Å²) in [7, 11) is 0. The van der Waals surface area contributed by atoms with Crippen LogP contribution in [-0.4, -0.2) is 106 Å². The number of nitrogens with one attached hydrogen (secondary N) is 1. The van der Waals surface area contributed by atoms with Crippen LogP contribution in [0.15, 0.2) is 40.7 Å². The molecule has 8 heterocycles. The summed E-state index contributed by atoms with van der Waals surface area (Å²) in [6, 6.07) is 2.40. The van der Waals surface area contributed by atoms with Crippen LogP contribution >= 0.6 is 0 Å². The number of Topliss-reactive ketones (excluding diaryl/α,β-unsaturated/α-hetero) is 1. The lowest BCUT2D eigenvalue weighted by molar-refractivity contribution is -0.281. The summed E-state index contributed by atoms with van der Waals surface area (Å²) < 4.78 is 35.5. The molecule has 5 spiro atoms. The third-order valence-electron chi connectivity index (χ3n) is 26.5. The maximum Gasteiger partial charge on any atom is 0.339 e. The molecule has 5 saturated heterocycles. The van der Waals surface area contributed by atoms with E-state index in [0.717, 1.165) is 83.0 Å². The Morgan fingerprint density at radius 3 is 2.61 bits per heavy atom. The molecule has 74 heavy (non-hydrogen) atoms. The Bertz CT molecular complexity index is 2640. The molecule has 0 radical (unpaired) electrons. The molecule has 4 N–H and O–H groups in total. The van der Waals surface area contributed by atoms with Gasteiger partial charge in [0.15, 0.2) is 11.9 Å². The van der Waals surface area contributed by atoms with Crippen LogP contribution < -0.4 is 5.32 Å². The van der Waals surface area contributed by atoms with Gasteiger partial charge in [-0.15, -0.1) is 0 Å². The first-order valence-corrected chi connectivity index (χ1v) is 29.9. The van der Waals surface area contributed by atoms with Crippen molar-refractivity contribution in [2.75, 3.05) is 26.4 Å². The molecule has 15 aliphatic rings. The zero-order valence-electron chi connectivity index (χ0n) is 43.9. The van der Waals surface area contributed by atoms with Crippen LogP contribution in [0.2, 0.25) is 0 Å². The van der Waals surface area contributed by atoms with Crippen LogP contribution in [0, 0.1) is 98.6 Å². The predicted octanol–water partition coefficient (Wildman–Crippen LogP) is 7.36. The molecule has 13 nitrogen and oxygen atoms in total. The first kappa shape index (κ1) is 47.0. The van der Waals surface area contributed by atoms with Crippen molar-refractivity contribution in [3.63, 3.8) is 0 Å².